The smallest absolute Gasteiger partial charge is 0.265 e. The van der Waals surface area contributed by atoms with Gasteiger partial charge in [-0.15, -0.1) is 0 Å². The average Bonchev–Trinajstić information content (AvgIpc) is 2.00. The topological polar surface area (TPSA) is 52.0 Å². The van der Waals surface area contributed by atoms with E-state index in [0.29, 0.717) is 0 Å². The highest BCUT2D eigenvalue weighted by atomic mass is 19.3. The number of hydrogen-bond donors (Lipinski definition) is 2. The van der Waals surface area contributed by atoms with Gasteiger partial charge >= 0.3 is 0 Å². The molecule has 0 heterocycles. The Labute approximate surface area is 69.2 Å². The number of benzene rings is 1. The van der Waals surface area contributed by atoms with Crippen molar-refractivity contribution in [3.63, 3.8) is 0 Å². The fraction of sp³-hybridized carbons (Fsp3) is 0.250. The van der Waals surface area contributed by atoms with Crippen LogP contribution in [0.15, 0.2) is 12.1 Å². The summed E-state index contributed by atoms with van der Waals surface area (Å²) in [5.41, 5.74) is 11.6. The Kier molecular flexibility index (Phi) is 2.17. The molecule has 0 bridgehead atoms. The molecular formula is C8H10F2N2. The van der Waals surface area contributed by atoms with Crippen LogP contribution in [0, 0.1) is 6.92 Å². The standard InChI is InChI=1S/C8H10F2N2/c1-4-2-3-5(8(9)10)7(12)6(4)11/h2-3,8H,11-12H2,1H3. The fourth-order valence-electron chi connectivity index (χ4n) is 0.953. The number of alkyl halides is 2. The molecule has 2 nitrogen and oxygen atoms in total. The number of rotatable bonds is 1. The van der Waals surface area contributed by atoms with E-state index in [9.17, 15) is 8.78 Å². The van der Waals surface area contributed by atoms with Crippen LogP contribution in [0.5, 0.6) is 0 Å². The molecule has 0 spiro atoms. The van der Waals surface area contributed by atoms with E-state index >= 15 is 0 Å². The van der Waals surface area contributed by atoms with Crippen LogP contribution in [0.25, 0.3) is 0 Å². The van der Waals surface area contributed by atoms with Crippen LogP contribution in [0.2, 0.25) is 0 Å². The molecule has 0 saturated heterocycles. The van der Waals surface area contributed by atoms with E-state index in [2.05, 4.69) is 0 Å². The molecule has 4 N–H and O–H groups in total. The van der Waals surface area contributed by atoms with Gasteiger partial charge in [0.15, 0.2) is 0 Å². The van der Waals surface area contributed by atoms with Crippen LogP contribution in [0.3, 0.4) is 0 Å². The number of aryl methyl sites for hydroxylation is 1. The molecule has 0 fully saturated rings. The number of nitrogen functional groups attached to an aromatic ring is 2. The SMILES string of the molecule is Cc1ccc(C(F)F)c(N)c1N. The Bertz CT molecular complexity index is 297. The van der Waals surface area contributed by atoms with E-state index in [1.165, 1.54) is 12.1 Å². The lowest BCUT2D eigenvalue weighted by Gasteiger charge is -2.08. The third-order valence-corrected chi connectivity index (χ3v) is 1.77. The van der Waals surface area contributed by atoms with Crippen molar-refractivity contribution in [3.05, 3.63) is 23.3 Å². The van der Waals surface area contributed by atoms with Crippen LogP contribution >= 0.6 is 0 Å². The Morgan fingerprint density at radius 2 is 1.75 bits per heavy atom. The first-order valence-corrected chi connectivity index (χ1v) is 3.46. The van der Waals surface area contributed by atoms with Crippen LogP contribution in [0.1, 0.15) is 17.6 Å². The monoisotopic (exact) mass is 172 g/mol. The van der Waals surface area contributed by atoms with Gasteiger partial charge in [0.25, 0.3) is 6.43 Å². The Balaban J connectivity index is 3.27. The summed E-state index contributed by atoms with van der Waals surface area (Å²) < 4.78 is 24.4. The number of anilines is 2. The highest BCUT2D eigenvalue weighted by Crippen LogP contribution is 2.30. The summed E-state index contributed by atoms with van der Waals surface area (Å²) >= 11 is 0. The second-order valence-corrected chi connectivity index (χ2v) is 2.60. The molecule has 0 aliphatic carbocycles. The minimum atomic E-state index is -2.56. The van der Waals surface area contributed by atoms with E-state index in [4.69, 9.17) is 11.5 Å². The van der Waals surface area contributed by atoms with Gasteiger partial charge in [-0.3, -0.25) is 0 Å². The lowest BCUT2D eigenvalue weighted by atomic mass is 10.1. The van der Waals surface area contributed by atoms with Crippen LogP contribution in [0.4, 0.5) is 20.2 Å². The number of hydrogen-bond acceptors (Lipinski definition) is 2. The van der Waals surface area contributed by atoms with Crippen LogP contribution < -0.4 is 11.5 Å². The van der Waals surface area contributed by atoms with Gasteiger partial charge in [-0.2, -0.15) is 0 Å². The van der Waals surface area contributed by atoms with Crippen molar-refractivity contribution < 1.29 is 8.78 Å². The molecule has 0 amide bonds. The maximum absolute atomic E-state index is 12.2. The van der Waals surface area contributed by atoms with Crippen molar-refractivity contribution in [2.45, 2.75) is 13.3 Å². The molecule has 1 aromatic carbocycles. The third kappa shape index (κ3) is 1.32. The van der Waals surface area contributed by atoms with E-state index in [0.717, 1.165) is 5.56 Å². The predicted octanol–water partition coefficient (Wildman–Crippen LogP) is 2.10. The van der Waals surface area contributed by atoms with E-state index in [1.807, 2.05) is 0 Å². The van der Waals surface area contributed by atoms with Gasteiger partial charge in [0.2, 0.25) is 0 Å². The molecule has 1 aromatic rings. The normalized spacial score (nSPS) is 10.7. The molecule has 4 heteroatoms. The zero-order chi connectivity index (χ0) is 9.30. The van der Waals surface area contributed by atoms with Gasteiger partial charge in [0.05, 0.1) is 11.4 Å². The van der Waals surface area contributed by atoms with E-state index in [1.54, 1.807) is 6.92 Å². The van der Waals surface area contributed by atoms with Gasteiger partial charge in [-0.25, -0.2) is 8.78 Å². The predicted molar refractivity (Wildman–Crippen MR) is 45.0 cm³/mol. The summed E-state index contributed by atoms with van der Waals surface area (Å²) in [4.78, 5) is 0. The first-order chi connectivity index (χ1) is 5.54. The molecular weight excluding hydrogens is 162 g/mol. The van der Waals surface area contributed by atoms with Gasteiger partial charge in [-0.05, 0) is 12.5 Å². The van der Waals surface area contributed by atoms with Crippen LogP contribution in [-0.4, -0.2) is 0 Å². The number of nitrogens with two attached hydrogens (primary N) is 2. The molecule has 0 aliphatic heterocycles. The lowest BCUT2D eigenvalue weighted by Crippen LogP contribution is -2.02. The highest BCUT2D eigenvalue weighted by Gasteiger charge is 2.13. The van der Waals surface area contributed by atoms with Gasteiger partial charge in [-0.1, -0.05) is 12.1 Å². The molecule has 0 unspecified atom stereocenters. The zero-order valence-corrected chi connectivity index (χ0v) is 6.64. The summed E-state index contributed by atoms with van der Waals surface area (Å²) in [5.74, 6) is 0. The van der Waals surface area contributed by atoms with E-state index < -0.39 is 6.43 Å². The minimum Gasteiger partial charge on any atom is -0.397 e. The quantitative estimate of drug-likeness (QED) is 0.637. The fourth-order valence-corrected chi connectivity index (χ4v) is 0.953. The largest absolute Gasteiger partial charge is 0.397 e. The summed E-state index contributed by atoms with van der Waals surface area (Å²) in [6.45, 7) is 1.72. The molecule has 0 radical (unpaired) electrons. The van der Waals surface area contributed by atoms with Crippen molar-refractivity contribution in [1.82, 2.24) is 0 Å². The maximum atomic E-state index is 12.2. The van der Waals surface area contributed by atoms with Crippen LogP contribution in [-0.2, 0) is 0 Å². The molecule has 0 atom stereocenters. The lowest BCUT2D eigenvalue weighted by molar-refractivity contribution is 0.152. The maximum Gasteiger partial charge on any atom is 0.265 e. The average molecular weight is 172 g/mol. The molecule has 12 heavy (non-hydrogen) atoms. The molecule has 0 saturated carbocycles. The van der Waals surface area contributed by atoms with E-state index in [-0.39, 0.29) is 16.9 Å². The summed E-state index contributed by atoms with van der Waals surface area (Å²) in [7, 11) is 0. The van der Waals surface area contributed by atoms with Gasteiger partial charge in [0, 0.05) is 5.56 Å². The second kappa shape index (κ2) is 2.97. The summed E-state index contributed by atoms with van der Waals surface area (Å²) in [6, 6.07) is 2.83. The van der Waals surface area contributed by atoms with Crippen molar-refractivity contribution in [1.29, 1.82) is 0 Å². The van der Waals surface area contributed by atoms with Gasteiger partial charge in [0.1, 0.15) is 0 Å². The van der Waals surface area contributed by atoms with Gasteiger partial charge < -0.3 is 11.5 Å². The van der Waals surface area contributed by atoms with Crippen molar-refractivity contribution in [3.8, 4) is 0 Å². The third-order valence-electron chi connectivity index (χ3n) is 1.77. The Morgan fingerprint density at radius 3 is 2.25 bits per heavy atom. The first-order valence-electron chi connectivity index (χ1n) is 3.46. The molecule has 66 valence electrons. The molecule has 1 rings (SSSR count). The number of halogens is 2. The molecule has 0 aromatic heterocycles. The van der Waals surface area contributed by atoms with Crippen molar-refractivity contribution in [2.24, 2.45) is 0 Å². The Hall–Kier alpha value is -1.32. The second-order valence-electron chi connectivity index (χ2n) is 2.60. The zero-order valence-electron chi connectivity index (χ0n) is 6.64. The highest BCUT2D eigenvalue weighted by molar-refractivity contribution is 5.71. The van der Waals surface area contributed by atoms with Crippen molar-refractivity contribution >= 4 is 11.4 Å². The van der Waals surface area contributed by atoms with Crippen molar-refractivity contribution in [2.75, 3.05) is 11.5 Å². The summed E-state index contributed by atoms with van der Waals surface area (Å²) in [5, 5.41) is 0. The minimum absolute atomic E-state index is 0.00926. The summed E-state index contributed by atoms with van der Waals surface area (Å²) in [6.07, 6.45) is -2.56. The molecule has 0 aliphatic rings. The first kappa shape index (κ1) is 8.77. The Morgan fingerprint density at radius 1 is 1.17 bits per heavy atom.